The van der Waals surface area contributed by atoms with Crippen molar-refractivity contribution in [1.82, 2.24) is 19.6 Å². The highest BCUT2D eigenvalue weighted by Crippen LogP contribution is 2.18. The number of likely N-dealkylation sites (tertiary alicyclic amines) is 1. The molecule has 0 saturated carbocycles. The van der Waals surface area contributed by atoms with E-state index in [2.05, 4.69) is 10.3 Å². The fraction of sp³-hybridized carbons (Fsp3) is 0.500. The van der Waals surface area contributed by atoms with Crippen LogP contribution in [0.25, 0.3) is 5.52 Å². The number of fused-ring (bicyclic) bond motifs is 1. The number of carbonyl (C=O) groups excluding carboxylic acids is 2. The second kappa shape index (κ2) is 7.47. The van der Waals surface area contributed by atoms with Crippen molar-refractivity contribution in [3.8, 4) is 0 Å². The van der Waals surface area contributed by atoms with Crippen LogP contribution in [0.3, 0.4) is 0 Å². The van der Waals surface area contributed by atoms with Gasteiger partial charge in [0.05, 0.1) is 5.52 Å². The van der Waals surface area contributed by atoms with Crippen molar-refractivity contribution in [2.45, 2.75) is 39.0 Å². The van der Waals surface area contributed by atoms with Crippen molar-refractivity contribution in [1.29, 1.82) is 0 Å². The molecule has 2 aromatic rings. The molecule has 1 saturated heterocycles. The molecular weight excluding hydrogens is 304 g/mol. The van der Waals surface area contributed by atoms with Gasteiger partial charge in [0, 0.05) is 25.8 Å². The molecule has 0 aromatic carbocycles. The fourth-order valence-electron chi connectivity index (χ4n) is 3.10. The number of aromatic nitrogens is 2. The number of imidazole rings is 1. The first-order chi connectivity index (χ1) is 11.7. The van der Waals surface area contributed by atoms with E-state index in [-0.39, 0.29) is 17.6 Å². The Bertz CT molecular complexity index is 730. The van der Waals surface area contributed by atoms with E-state index < -0.39 is 0 Å². The Hall–Kier alpha value is -2.37. The van der Waals surface area contributed by atoms with E-state index in [1.165, 1.54) is 12.8 Å². The Morgan fingerprint density at radius 3 is 2.62 bits per heavy atom. The molecule has 24 heavy (non-hydrogen) atoms. The normalized spacial score (nSPS) is 15.3. The highest BCUT2D eigenvalue weighted by molar-refractivity contribution is 6.02. The van der Waals surface area contributed by atoms with E-state index in [0.717, 1.165) is 32.4 Å². The summed E-state index contributed by atoms with van der Waals surface area (Å²) in [6.45, 7) is 4.12. The van der Waals surface area contributed by atoms with Gasteiger partial charge in [0.25, 0.3) is 11.8 Å². The van der Waals surface area contributed by atoms with Gasteiger partial charge >= 0.3 is 0 Å². The second-order valence-electron chi connectivity index (χ2n) is 6.20. The van der Waals surface area contributed by atoms with Crippen LogP contribution >= 0.6 is 0 Å². The third-order valence-corrected chi connectivity index (χ3v) is 4.38. The van der Waals surface area contributed by atoms with Gasteiger partial charge in [0.2, 0.25) is 5.82 Å². The lowest BCUT2D eigenvalue weighted by molar-refractivity contribution is 0.0758. The summed E-state index contributed by atoms with van der Waals surface area (Å²) in [4.78, 5) is 31.6. The van der Waals surface area contributed by atoms with E-state index in [1.54, 1.807) is 10.6 Å². The molecular formula is C18H24N4O2. The number of hydrogen-bond donors (Lipinski definition) is 1. The van der Waals surface area contributed by atoms with Gasteiger partial charge < -0.3 is 10.2 Å². The van der Waals surface area contributed by atoms with Gasteiger partial charge in [0.1, 0.15) is 0 Å². The lowest BCUT2D eigenvalue weighted by Crippen LogP contribution is -2.32. The van der Waals surface area contributed by atoms with Gasteiger partial charge in [0.15, 0.2) is 5.69 Å². The van der Waals surface area contributed by atoms with Crippen molar-refractivity contribution in [2.24, 2.45) is 0 Å². The largest absolute Gasteiger partial charge is 0.349 e. The Kier molecular flexibility index (Phi) is 5.13. The molecule has 6 heteroatoms. The summed E-state index contributed by atoms with van der Waals surface area (Å²) in [5.41, 5.74) is 1.06. The summed E-state index contributed by atoms with van der Waals surface area (Å²) < 4.78 is 1.70. The van der Waals surface area contributed by atoms with Crippen LogP contribution in [-0.4, -0.2) is 45.7 Å². The van der Waals surface area contributed by atoms with Gasteiger partial charge in [-0.25, -0.2) is 4.98 Å². The molecule has 3 rings (SSSR count). The zero-order valence-electron chi connectivity index (χ0n) is 14.1. The van der Waals surface area contributed by atoms with Crippen molar-refractivity contribution < 1.29 is 9.59 Å². The standard InChI is InChI=1S/C18H24N4O2/c1-2-10-19-17(23)16-20-15(14-9-5-8-13-22(14)16)18(24)21-11-6-3-4-7-12-21/h5,8-9,13H,2-4,6-7,10-12H2,1H3,(H,19,23). The Balaban J connectivity index is 1.95. The third-order valence-electron chi connectivity index (χ3n) is 4.38. The van der Waals surface area contributed by atoms with Crippen LogP contribution in [0, 0.1) is 0 Å². The number of rotatable bonds is 4. The van der Waals surface area contributed by atoms with E-state index in [1.807, 2.05) is 30.0 Å². The lowest BCUT2D eigenvalue weighted by atomic mass is 10.2. The topological polar surface area (TPSA) is 66.7 Å². The zero-order chi connectivity index (χ0) is 16.9. The molecule has 1 N–H and O–H groups in total. The van der Waals surface area contributed by atoms with Crippen LogP contribution in [0.5, 0.6) is 0 Å². The molecule has 6 nitrogen and oxygen atoms in total. The number of nitrogens with one attached hydrogen (secondary N) is 1. The van der Waals surface area contributed by atoms with Crippen LogP contribution in [-0.2, 0) is 0 Å². The smallest absolute Gasteiger partial charge is 0.287 e. The van der Waals surface area contributed by atoms with Gasteiger partial charge in [-0.1, -0.05) is 25.8 Å². The predicted molar refractivity (Wildman–Crippen MR) is 92.2 cm³/mol. The minimum absolute atomic E-state index is 0.0739. The summed E-state index contributed by atoms with van der Waals surface area (Å²) in [5, 5.41) is 2.84. The minimum atomic E-state index is -0.243. The van der Waals surface area contributed by atoms with E-state index in [4.69, 9.17) is 0 Å². The van der Waals surface area contributed by atoms with Crippen LogP contribution < -0.4 is 5.32 Å². The molecule has 0 spiro atoms. The van der Waals surface area contributed by atoms with Crippen LogP contribution in [0.2, 0.25) is 0 Å². The molecule has 0 bridgehead atoms. The van der Waals surface area contributed by atoms with E-state index in [9.17, 15) is 9.59 Å². The van der Waals surface area contributed by atoms with Crippen LogP contribution in [0.1, 0.15) is 60.1 Å². The quantitative estimate of drug-likeness (QED) is 0.937. The molecule has 128 valence electrons. The highest BCUT2D eigenvalue weighted by atomic mass is 16.2. The first kappa shape index (κ1) is 16.5. The molecule has 3 heterocycles. The van der Waals surface area contributed by atoms with Gasteiger partial charge in [-0.15, -0.1) is 0 Å². The van der Waals surface area contributed by atoms with Crippen molar-refractivity contribution >= 4 is 17.3 Å². The number of amides is 2. The van der Waals surface area contributed by atoms with Crippen LogP contribution in [0.4, 0.5) is 0 Å². The van der Waals surface area contributed by atoms with Crippen molar-refractivity contribution in [3.63, 3.8) is 0 Å². The molecule has 2 amide bonds. The van der Waals surface area contributed by atoms with Gasteiger partial charge in [-0.3, -0.25) is 14.0 Å². The maximum absolute atomic E-state index is 12.9. The molecule has 1 aliphatic heterocycles. The van der Waals surface area contributed by atoms with Crippen molar-refractivity contribution in [3.05, 3.63) is 35.9 Å². The van der Waals surface area contributed by atoms with Gasteiger partial charge in [-0.2, -0.15) is 0 Å². The zero-order valence-corrected chi connectivity index (χ0v) is 14.1. The number of carbonyl (C=O) groups is 2. The average molecular weight is 328 g/mol. The molecule has 0 atom stereocenters. The Morgan fingerprint density at radius 1 is 1.17 bits per heavy atom. The molecule has 2 aromatic heterocycles. The molecule has 1 aliphatic rings. The summed E-state index contributed by atoms with van der Waals surface area (Å²) in [5.74, 6) is -0.0414. The van der Waals surface area contributed by atoms with E-state index >= 15 is 0 Å². The third kappa shape index (κ3) is 3.27. The second-order valence-corrected chi connectivity index (χ2v) is 6.20. The molecule has 0 unspecified atom stereocenters. The van der Waals surface area contributed by atoms with Crippen molar-refractivity contribution in [2.75, 3.05) is 19.6 Å². The molecule has 1 fully saturated rings. The highest BCUT2D eigenvalue weighted by Gasteiger charge is 2.25. The maximum Gasteiger partial charge on any atom is 0.287 e. The first-order valence-corrected chi connectivity index (χ1v) is 8.77. The van der Waals surface area contributed by atoms with Gasteiger partial charge in [-0.05, 0) is 31.4 Å². The average Bonchev–Trinajstić information content (AvgIpc) is 2.79. The fourth-order valence-corrected chi connectivity index (χ4v) is 3.10. The summed E-state index contributed by atoms with van der Waals surface area (Å²) in [6, 6.07) is 5.55. The molecule has 0 radical (unpaired) electrons. The number of nitrogens with zero attached hydrogens (tertiary/aromatic N) is 3. The van der Waals surface area contributed by atoms with Crippen LogP contribution in [0.15, 0.2) is 24.4 Å². The monoisotopic (exact) mass is 328 g/mol. The predicted octanol–water partition coefficient (Wildman–Crippen LogP) is 2.49. The summed E-state index contributed by atoms with van der Waals surface area (Å²) in [6.07, 6.45) is 7.02. The lowest BCUT2D eigenvalue weighted by Gasteiger charge is -2.19. The number of pyridine rings is 1. The van der Waals surface area contributed by atoms with E-state index in [0.29, 0.717) is 17.8 Å². The number of hydrogen-bond acceptors (Lipinski definition) is 3. The summed E-state index contributed by atoms with van der Waals surface area (Å²) >= 11 is 0. The first-order valence-electron chi connectivity index (χ1n) is 8.77. The minimum Gasteiger partial charge on any atom is -0.349 e. The Labute approximate surface area is 141 Å². The Morgan fingerprint density at radius 2 is 1.92 bits per heavy atom. The maximum atomic E-state index is 12.9. The molecule has 0 aliphatic carbocycles. The summed E-state index contributed by atoms with van der Waals surface area (Å²) in [7, 11) is 0. The SMILES string of the molecule is CCCNC(=O)c1nc(C(=O)N2CCCCCC2)c2ccccn12.